The summed E-state index contributed by atoms with van der Waals surface area (Å²) in [6, 6.07) is 9.43. The van der Waals surface area contributed by atoms with E-state index in [-0.39, 0.29) is 6.02 Å². The molecule has 0 spiro atoms. The first-order valence-electron chi connectivity index (χ1n) is 3.69. The molecule has 0 aromatic heterocycles. The summed E-state index contributed by atoms with van der Waals surface area (Å²) in [5.41, 5.74) is 0. The van der Waals surface area contributed by atoms with Crippen LogP contribution in [0.25, 0.3) is 0 Å². The third kappa shape index (κ3) is 2.27. The minimum absolute atomic E-state index is 0.140. The number of nitrogens with zero attached hydrogens (tertiary/aromatic N) is 1. The normalized spacial score (nSPS) is 9.17. The van der Waals surface area contributed by atoms with E-state index in [1.165, 1.54) is 0 Å². The molecule has 0 aliphatic carbocycles. The van der Waals surface area contributed by atoms with Gasteiger partial charge in [-0.2, -0.15) is 0 Å². The molecular formula is C9H12N2O. The Morgan fingerprint density at radius 2 is 1.83 bits per heavy atom. The first kappa shape index (κ1) is 8.59. The quantitative estimate of drug-likeness (QED) is 0.505. The fourth-order valence-electron chi connectivity index (χ4n) is 0.691. The zero-order valence-electron chi connectivity index (χ0n) is 7.24. The molecule has 0 amide bonds. The average molecular weight is 164 g/mol. The molecule has 3 nitrogen and oxygen atoms in total. The summed E-state index contributed by atoms with van der Waals surface area (Å²) in [6.45, 7) is 0. The van der Waals surface area contributed by atoms with Crippen LogP contribution in [0.5, 0.6) is 5.75 Å². The van der Waals surface area contributed by atoms with Crippen LogP contribution in [0.15, 0.2) is 30.3 Å². The molecule has 0 unspecified atom stereocenters. The van der Waals surface area contributed by atoms with Gasteiger partial charge < -0.3 is 9.64 Å². The van der Waals surface area contributed by atoms with Gasteiger partial charge in [0.2, 0.25) is 0 Å². The minimum Gasteiger partial charge on any atom is -0.426 e. The molecule has 0 atom stereocenters. The van der Waals surface area contributed by atoms with E-state index in [2.05, 4.69) is 0 Å². The van der Waals surface area contributed by atoms with E-state index >= 15 is 0 Å². The van der Waals surface area contributed by atoms with E-state index in [4.69, 9.17) is 10.1 Å². The van der Waals surface area contributed by atoms with Crippen molar-refractivity contribution in [2.75, 3.05) is 14.1 Å². The van der Waals surface area contributed by atoms with Gasteiger partial charge in [0.1, 0.15) is 5.75 Å². The average Bonchev–Trinajstić information content (AvgIpc) is 2.06. The summed E-state index contributed by atoms with van der Waals surface area (Å²) >= 11 is 0. The minimum atomic E-state index is 0.140. The topological polar surface area (TPSA) is 36.3 Å². The van der Waals surface area contributed by atoms with Gasteiger partial charge >= 0.3 is 0 Å². The predicted molar refractivity (Wildman–Crippen MR) is 48.5 cm³/mol. The third-order valence-electron chi connectivity index (χ3n) is 1.36. The lowest BCUT2D eigenvalue weighted by molar-refractivity contribution is 0.426. The van der Waals surface area contributed by atoms with Crippen molar-refractivity contribution in [2.45, 2.75) is 0 Å². The summed E-state index contributed by atoms with van der Waals surface area (Å²) < 4.78 is 5.18. The van der Waals surface area contributed by atoms with Crippen molar-refractivity contribution < 1.29 is 4.74 Å². The maximum Gasteiger partial charge on any atom is 0.289 e. The standard InChI is InChI=1S/C9H12N2O/c1-11(2)9(10)12-8-6-4-3-5-7-8/h3-7,10H,1-2H3. The fraction of sp³-hybridized carbons (Fsp3) is 0.222. The highest BCUT2D eigenvalue weighted by molar-refractivity contribution is 5.72. The summed E-state index contributed by atoms with van der Waals surface area (Å²) in [5.74, 6) is 0.691. The van der Waals surface area contributed by atoms with Crippen LogP contribution in [0.2, 0.25) is 0 Å². The van der Waals surface area contributed by atoms with E-state index in [1.807, 2.05) is 30.3 Å². The van der Waals surface area contributed by atoms with E-state index in [0.717, 1.165) is 0 Å². The number of hydrogen-bond acceptors (Lipinski definition) is 2. The Hall–Kier alpha value is -1.51. The molecule has 0 bridgehead atoms. The molecule has 0 fully saturated rings. The Balaban J connectivity index is 2.59. The van der Waals surface area contributed by atoms with Crippen LogP contribution in [0.4, 0.5) is 0 Å². The number of nitrogens with one attached hydrogen (secondary N) is 1. The summed E-state index contributed by atoms with van der Waals surface area (Å²) in [4.78, 5) is 1.60. The van der Waals surface area contributed by atoms with Gasteiger partial charge in [0.05, 0.1) is 0 Å². The molecule has 1 rings (SSSR count). The molecule has 1 aromatic carbocycles. The Bertz CT molecular complexity index is 256. The second-order valence-electron chi connectivity index (χ2n) is 2.61. The highest BCUT2D eigenvalue weighted by atomic mass is 16.5. The van der Waals surface area contributed by atoms with Gasteiger partial charge in [-0.1, -0.05) is 18.2 Å². The number of hydrogen-bond donors (Lipinski definition) is 1. The lowest BCUT2D eigenvalue weighted by Crippen LogP contribution is -2.26. The van der Waals surface area contributed by atoms with Gasteiger partial charge in [-0.3, -0.25) is 5.41 Å². The van der Waals surface area contributed by atoms with Gasteiger partial charge in [-0.15, -0.1) is 0 Å². The zero-order valence-corrected chi connectivity index (χ0v) is 7.24. The molecule has 64 valence electrons. The van der Waals surface area contributed by atoms with Gasteiger partial charge in [0.15, 0.2) is 0 Å². The largest absolute Gasteiger partial charge is 0.426 e. The van der Waals surface area contributed by atoms with Crippen molar-refractivity contribution >= 4 is 6.02 Å². The highest BCUT2D eigenvalue weighted by Gasteiger charge is 1.99. The molecule has 0 aliphatic heterocycles. The molecule has 3 heteroatoms. The Kier molecular flexibility index (Phi) is 2.69. The molecule has 0 saturated heterocycles. The van der Waals surface area contributed by atoms with E-state index in [1.54, 1.807) is 19.0 Å². The summed E-state index contributed by atoms with van der Waals surface area (Å²) in [6.07, 6.45) is 0. The molecule has 0 radical (unpaired) electrons. The number of ether oxygens (including phenoxy) is 1. The monoisotopic (exact) mass is 164 g/mol. The fourth-order valence-corrected chi connectivity index (χ4v) is 0.691. The van der Waals surface area contributed by atoms with Gasteiger partial charge in [0.25, 0.3) is 6.02 Å². The van der Waals surface area contributed by atoms with Crippen LogP contribution in [0, 0.1) is 5.41 Å². The second-order valence-corrected chi connectivity index (χ2v) is 2.61. The van der Waals surface area contributed by atoms with Gasteiger partial charge in [-0.05, 0) is 12.1 Å². The lowest BCUT2D eigenvalue weighted by Gasteiger charge is -2.13. The Labute approximate surface area is 72.1 Å². The van der Waals surface area contributed by atoms with Gasteiger partial charge in [-0.25, -0.2) is 0 Å². The summed E-state index contributed by atoms with van der Waals surface area (Å²) in [5, 5.41) is 7.38. The van der Waals surface area contributed by atoms with Crippen molar-refractivity contribution in [3.05, 3.63) is 30.3 Å². The van der Waals surface area contributed by atoms with Crippen molar-refractivity contribution in [1.82, 2.24) is 4.90 Å². The molecular weight excluding hydrogens is 152 g/mol. The van der Waals surface area contributed by atoms with E-state index in [0.29, 0.717) is 5.75 Å². The number of amidine groups is 1. The lowest BCUT2D eigenvalue weighted by atomic mass is 10.3. The molecule has 1 aromatic rings. The number of para-hydroxylation sites is 1. The van der Waals surface area contributed by atoms with E-state index in [9.17, 15) is 0 Å². The van der Waals surface area contributed by atoms with Crippen molar-refractivity contribution in [3.8, 4) is 5.75 Å². The number of benzene rings is 1. The first-order valence-corrected chi connectivity index (χ1v) is 3.69. The molecule has 1 N–H and O–H groups in total. The highest BCUT2D eigenvalue weighted by Crippen LogP contribution is 2.08. The maximum atomic E-state index is 7.38. The van der Waals surface area contributed by atoms with Crippen molar-refractivity contribution in [1.29, 1.82) is 5.41 Å². The number of rotatable bonds is 1. The molecule has 0 aliphatic rings. The predicted octanol–water partition coefficient (Wildman–Crippen LogP) is 1.56. The Morgan fingerprint density at radius 1 is 1.25 bits per heavy atom. The maximum absolute atomic E-state index is 7.38. The third-order valence-corrected chi connectivity index (χ3v) is 1.36. The van der Waals surface area contributed by atoms with Crippen molar-refractivity contribution in [3.63, 3.8) is 0 Å². The Morgan fingerprint density at radius 3 is 2.33 bits per heavy atom. The summed E-state index contributed by atoms with van der Waals surface area (Å²) in [7, 11) is 3.54. The SMILES string of the molecule is CN(C)C(=N)Oc1ccccc1. The molecule has 12 heavy (non-hydrogen) atoms. The molecule has 0 saturated carbocycles. The first-order chi connectivity index (χ1) is 5.70. The van der Waals surface area contributed by atoms with Crippen LogP contribution in [-0.4, -0.2) is 25.0 Å². The van der Waals surface area contributed by atoms with Crippen LogP contribution >= 0.6 is 0 Å². The molecule has 0 heterocycles. The van der Waals surface area contributed by atoms with Crippen LogP contribution in [-0.2, 0) is 0 Å². The zero-order chi connectivity index (χ0) is 8.97. The van der Waals surface area contributed by atoms with Crippen LogP contribution in [0.3, 0.4) is 0 Å². The van der Waals surface area contributed by atoms with Crippen LogP contribution < -0.4 is 4.74 Å². The second kappa shape index (κ2) is 3.76. The van der Waals surface area contributed by atoms with E-state index < -0.39 is 0 Å². The van der Waals surface area contributed by atoms with Gasteiger partial charge in [0, 0.05) is 14.1 Å². The van der Waals surface area contributed by atoms with Crippen LogP contribution in [0.1, 0.15) is 0 Å². The smallest absolute Gasteiger partial charge is 0.289 e. The van der Waals surface area contributed by atoms with Crippen molar-refractivity contribution in [2.24, 2.45) is 0 Å².